The molecule has 0 bridgehead atoms. The molecule has 0 amide bonds. The molecule has 16 heavy (non-hydrogen) atoms. The Morgan fingerprint density at radius 2 is 1.31 bits per heavy atom. The molecule has 2 atom stereocenters. The second kappa shape index (κ2) is 2.60. The molecule has 2 unspecified atom stereocenters. The Morgan fingerprint density at radius 1 is 0.875 bits per heavy atom. The summed E-state index contributed by atoms with van der Waals surface area (Å²) in [4.78, 5) is 0. The Labute approximate surface area is 88.6 Å². The van der Waals surface area contributed by atoms with Crippen molar-refractivity contribution in [2.45, 2.75) is 37.7 Å². The van der Waals surface area contributed by atoms with Crippen LogP contribution in [0.4, 0.5) is 22.0 Å². The molecule has 2 aliphatic rings. The molecule has 0 fully saturated rings. The number of hydrogen-bond donors (Lipinski definition) is 0. The summed E-state index contributed by atoms with van der Waals surface area (Å²) < 4.78 is 70.5. The fraction of sp³-hybridized carbons (Fsp3) is 0.600. The average molecular weight is 240 g/mol. The molecule has 0 saturated heterocycles. The smallest absolute Gasteiger partial charge is 0.270 e. The fourth-order valence-electron chi connectivity index (χ4n) is 1.71. The first-order valence-electron chi connectivity index (χ1n) is 4.60. The Bertz CT molecular complexity index is 433. The molecule has 0 spiro atoms. The third-order valence-corrected chi connectivity index (χ3v) is 2.50. The van der Waals surface area contributed by atoms with Gasteiger partial charge in [-0.25, -0.2) is 22.0 Å². The number of hydrogen-bond acceptors (Lipinski definition) is 1. The fourth-order valence-corrected chi connectivity index (χ4v) is 1.71. The van der Waals surface area contributed by atoms with Gasteiger partial charge in [-0.15, -0.1) is 0 Å². The molecule has 0 aromatic carbocycles. The van der Waals surface area contributed by atoms with Crippen LogP contribution in [0.1, 0.15) is 20.8 Å². The summed E-state index contributed by atoms with van der Waals surface area (Å²) in [7, 11) is 0. The van der Waals surface area contributed by atoms with Gasteiger partial charge in [0, 0.05) is 0 Å². The summed E-state index contributed by atoms with van der Waals surface area (Å²) in [5.41, 5.74) is -8.06. The molecule has 1 nitrogen and oxygen atoms in total. The molecule has 2 aliphatic carbocycles. The molecule has 0 radical (unpaired) electrons. The van der Waals surface area contributed by atoms with Gasteiger partial charge < -0.3 is 4.74 Å². The van der Waals surface area contributed by atoms with Crippen LogP contribution >= 0.6 is 0 Å². The van der Waals surface area contributed by atoms with Crippen molar-refractivity contribution in [3.05, 3.63) is 23.2 Å². The van der Waals surface area contributed by atoms with Crippen LogP contribution in [0.2, 0.25) is 0 Å². The van der Waals surface area contributed by atoms with Gasteiger partial charge in [-0.3, -0.25) is 0 Å². The summed E-state index contributed by atoms with van der Waals surface area (Å²) in [5, 5.41) is 0. The Morgan fingerprint density at radius 3 is 1.75 bits per heavy atom. The molecule has 0 saturated carbocycles. The third-order valence-electron chi connectivity index (χ3n) is 2.50. The van der Waals surface area contributed by atoms with Crippen molar-refractivity contribution in [2.75, 3.05) is 0 Å². The molecule has 0 aromatic heterocycles. The van der Waals surface area contributed by atoms with Crippen molar-refractivity contribution >= 4 is 0 Å². The topological polar surface area (TPSA) is 9.23 Å². The van der Waals surface area contributed by atoms with E-state index in [1.807, 2.05) is 0 Å². The van der Waals surface area contributed by atoms with E-state index in [1.165, 1.54) is 20.8 Å². The zero-order valence-electron chi connectivity index (χ0n) is 8.80. The molecular weight excluding hydrogens is 231 g/mol. The Balaban J connectivity index is 2.40. The highest BCUT2D eigenvalue weighted by atomic mass is 19.2. The maximum atomic E-state index is 13.7. The van der Waals surface area contributed by atoms with Crippen LogP contribution in [0.25, 0.3) is 0 Å². The van der Waals surface area contributed by atoms with Crippen molar-refractivity contribution in [1.29, 1.82) is 0 Å². The van der Waals surface area contributed by atoms with E-state index in [4.69, 9.17) is 4.74 Å². The van der Waals surface area contributed by atoms with Gasteiger partial charge >= 0.3 is 0 Å². The summed E-state index contributed by atoms with van der Waals surface area (Å²) in [6.07, 6.45) is 0. The van der Waals surface area contributed by atoms with Crippen molar-refractivity contribution in [3.8, 4) is 0 Å². The van der Waals surface area contributed by atoms with Crippen LogP contribution in [0.15, 0.2) is 23.2 Å². The minimum atomic E-state index is -3.61. The predicted molar refractivity (Wildman–Crippen MR) is 45.9 cm³/mol. The highest BCUT2D eigenvalue weighted by Gasteiger charge is 2.84. The van der Waals surface area contributed by atoms with E-state index in [9.17, 15) is 22.0 Å². The molecule has 0 N–H and O–H groups in total. The number of rotatable bonds is 1. The highest BCUT2D eigenvalue weighted by molar-refractivity contribution is 5.64. The largest absolute Gasteiger partial charge is 0.486 e. The number of fused-ring (bicyclic) bond motifs is 1. The van der Waals surface area contributed by atoms with Gasteiger partial charge in [0.1, 0.15) is 5.60 Å². The zero-order chi connectivity index (χ0) is 12.5. The van der Waals surface area contributed by atoms with Crippen LogP contribution in [-0.2, 0) is 4.74 Å². The predicted octanol–water partition coefficient (Wildman–Crippen LogP) is 3.58. The van der Waals surface area contributed by atoms with Gasteiger partial charge in [0.25, 0.3) is 11.3 Å². The molecule has 0 aliphatic heterocycles. The summed E-state index contributed by atoms with van der Waals surface area (Å²) in [5.74, 6) is -6.84. The first-order valence-corrected chi connectivity index (χ1v) is 4.60. The Kier molecular flexibility index (Phi) is 1.86. The SMILES string of the molecule is CC(C)(C)OC1=C(F)C2(F)C(F)=C(F)C12F. The highest BCUT2D eigenvalue weighted by Crippen LogP contribution is 2.69. The minimum Gasteiger partial charge on any atom is -0.486 e. The maximum absolute atomic E-state index is 13.7. The van der Waals surface area contributed by atoms with E-state index in [2.05, 4.69) is 0 Å². The van der Waals surface area contributed by atoms with E-state index in [0.717, 1.165) is 0 Å². The standard InChI is InChI=1S/C10H9F5O/c1-8(2,3)16-7-6(13)9(14)4(11)5(12)10(7,9)15/h1-3H3. The van der Waals surface area contributed by atoms with Crippen molar-refractivity contribution < 1.29 is 26.7 Å². The van der Waals surface area contributed by atoms with Gasteiger partial charge in [-0.05, 0) is 20.8 Å². The van der Waals surface area contributed by atoms with E-state index >= 15 is 0 Å². The number of allylic oxidation sites excluding steroid dienone is 3. The van der Waals surface area contributed by atoms with Crippen molar-refractivity contribution in [2.24, 2.45) is 0 Å². The lowest BCUT2D eigenvalue weighted by molar-refractivity contribution is -0.131. The lowest BCUT2D eigenvalue weighted by Gasteiger charge is -2.52. The molecule has 0 heterocycles. The average Bonchev–Trinajstić information content (AvgIpc) is 2.19. The third kappa shape index (κ3) is 0.912. The number of halogens is 5. The van der Waals surface area contributed by atoms with Crippen LogP contribution in [0, 0.1) is 0 Å². The maximum Gasteiger partial charge on any atom is 0.270 e. The second-order valence-electron chi connectivity index (χ2n) is 4.80. The van der Waals surface area contributed by atoms with Crippen LogP contribution in [0.3, 0.4) is 0 Å². The van der Waals surface area contributed by atoms with Gasteiger partial charge in [0.2, 0.25) is 0 Å². The summed E-state index contributed by atoms with van der Waals surface area (Å²) >= 11 is 0. The number of alkyl halides is 2. The van der Waals surface area contributed by atoms with E-state index in [0.29, 0.717) is 0 Å². The van der Waals surface area contributed by atoms with Gasteiger partial charge in [-0.2, -0.15) is 0 Å². The lowest BCUT2D eigenvalue weighted by Crippen LogP contribution is -2.67. The van der Waals surface area contributed by atoms with Gasteiger partial charge in [0.05, 0.1) is 0 Å². The van der Waals surface area contributed by atoms with E-state index in [-0.39, 0.29) is 0 Å². The summed E-state index contributed by atoms with van der Waals surface area (Å²) in [6, 6.07) is 0. The minimum absolute atomic E-state index is 1.03. The lowest BCUT2D eigenvalue weighted by atomic mass is 9.62. The molecule has 0 aromatic rings. The van der Waals surface area contributed by atoms with Crippen molar-refractivity contribution in [1.82, 2.24) is 0 Å². The van der Waals surface area contributed by atoms with Gasteiger partial charge in [-0.1, -0.05) is 0 Å². The number of ether oxygens (including phenoxy) is 1. The first-order chi connectivity index (χ1) is 7.07. The van der Waals surface area contributed by atoms with E-state index in [1.54, 1.807) is 0 Å². The first kappa shape index (κ1) is 11.4. The van der Waals surface area contributed by atoms with E-state index < -0.39 is 40.2 Å². The summed E-state index contributed by atoms with van der Waals surface area (Å²) in [6.45, 7) is 4.35. The zero-order valence-corrected chi connectivity index (χ0v) is 8.80. The monoisotopic (exact) mass is 240 g/mol. The molecular formula is C10H9F5O. The van der Waals surface area contributed by atoms with Crippen LogP contribution in [-0.4, -0.2) is 16.9 Å². The van der Waals surface area contributed by atoms with Crippen LogP contribution < -0.4 is 0 Å². The quantitative estimate of drug-likeness (QED) is 0.636. The molecule has 2 rings (SSSR count). The van der Waals surface area contributed by atoms with Crippen LogP contribution in [0.5, 0.6) is 0 Å². The second-order valence-corrected chi connectivity index (χ2v) is 4.80. The Hall–Kier alpha value is -1.07. The molecule has 90 valence electrons. The molecule has 6 heteroatoms. The van der Waals surface area contributed by atoms with Gasteiger partial charge in [0.15, 0.2) is 23.2 Å². The van der Waals surface area contributed by atoms with Crippen molar-refractivity contribution in [3.63, 3.8) is 0 Å². The normalized spacial score (nSPS) is 38.0.